The summed E-state index contributed by atoms with van der Waals surface area (Å²) in [6.07, 6.45) is 1.69. The second kappa shape index (κ2) is 6.21. The van der Waals surface area contributed by atoms with E-state index in [2.05, 4.69) is 0 Å². The van der Waals surface area contributed by atoms with E-state index < -0.39 is 0 Å². The lowest BCUT2D eigenvalue weighted by Crippen LogP contribution is -2.43. The van der Waals surface area contributed by atoms with Gasteiger partial charge in [-0.15, -0.1) is 0 Å². The highest BCUT2D eigenvalue weighted by Crippen LogP contribution is 2.15. The van der Waals surface area contributed by atoms with Gasteiger partial charge in [-0.3, -0.25) is 9.69 Å². The Morgan fingerprint density at radius 2 is 1.88 bits per heavy atom. The lowest BCUT2D eigenvalue weighted by molar-refractivity contribution is -0.160. The normalized spacial score (nSPS) is 20.1. The van der Waals surface area contributed by atoms with Crippen LogP contribution in [0.5, 0.6) is 0 Å². The first-order valence-corrected chi connectivity index (χ1v) is 5.97. The molecule has 1 fully saturated rings. The van der Waals surface area contributed by atoms with Gasteiger partial charge in [0.1, 0.15) is 12.1 Å². The first-order valence-electron chi connectivity index (χ1n) is 5.97. The molecule has 0 bridgehead atoms. The van der Waals surface area contributed by atoms with E-state index in [1.165, 1.54) is 0 Å². The molecule has 1 aliphatic rings. The second-order valence-electron chi connectivity index (χ2n) is 4.90. The summed E-state index contributed by atoms with van der Waals surface area (Å²) in [7, 11) is 3.83. The van der Waals surface area contributed by atoms with Crippen molar-refractivity contribution in [1.82, 2.24) is 4.90 Å². The molecule has 0 aliphatic carbocycles. The summed E-state index contributed by atoms with van der Waals surface area (Å²) in [5.74, 6) is 0.161. The molecule has 1 atom stereocenters. The van der Waals surface area contributed by atoms with Gasteiger partial charge in [0.25, 0.3) is 0 Å². The van der Waals surface area contributed by atoms with Crippen LogP contribution in [0.2, 0.25) is 0 Å². The highest BCUT2D eigenvalue weighted by atomic mass is 16.6. The summed E-state index contributed by atoms with van der Waals surface area (Å²) >= 11 is 0. The Morgan fingerprint density at radius 1 is 1.31 bits per heavy atom. The molecule has 1 heterocycles. The third-order valence-corrected chi connectivity index (χ3v) is 2.88. The van der Waals surface area contributed by atoms with Crippen LogP contribution in [0.25, 0.3) is 0 Å². The monoisotopic (exact) mass is 229 g/mol. The van der Waals surface area contributed by atoms with Crippen LogP contribution in [-0.2, 0) is 14.3 Å². The number of rotatable bonds is 4. The van der Waals surface area contributed by atoms with E-state index in [0.717, 1.165) is 12.8 Å². The van der Waals surface area contributed by atoms with Gasteiger partial charge in [-0.1, -0.05) is 13.8 Å². The van der Waals surface area contributed by atoms with E-state index in [1.54, 1.807) is 0 Å². The molecule has 0 spiro atoms. The molecule has 16 heavy (non-hydrogen) atoms. The van der Waals surface area contributed by atoms with E-state index in [1.807, 2.05) is 32.8 Å². The zero-order chi connectivity index (χ0) is 12.1. The number of carbonyl (C=O) groups is 1. The summed E-state index contributed by atoms with van der Waals surface area (Å²) in [6.45, 7) is 5.48. The van der Waals surface area contributed by atoms with Gasteiger partial charge in [0, 0.05) is 12.8 Å². The second-order valence-corrected chi connectivity index (χ2v) is 4.90. The molecule has 1 rings (SSSR count). The fourth-order valence-corrected chi connectivity index (χ4v) is 2.11. The highest BCUT2D eigenvalue weighted by Gasteiger charge is 2.28. The standard InChI is InChI=1S/C12H23NO3/c1-9(2)11(13(3)4)12(14)16-10-5-7-15-8-6-10/h9-11H,5-8H2,1-4H3. The molecule has 0 aromatic rings. The van der Waals surface area contributed by atoms with Crippen LogP contribution < -0.4 is 0 Å². The molecule has 0 radical (unpaired) electrons. The molecule has 1 unspecified atom stereocenters. The van der Waals surface area contributed by atoms with Crippen LogP contribution in [-0.4, -0.2) is 50.3 Å². The molecule has 94 valence electrons. The number of esters is 1. The van der Waals surface area contributed by atoms with E-state index in [-0.39, 0.29) is 24.0 Å². The number of ether oxygens (including phenoxy) is 2. The molecular formula is C12H23NO3. The maximum atomic E-state index is 12.0. The Bertz CT molecular complexity index is 214. The fraction of sp³-hybridized carbons (Fsp3) is 0.917. The molecule has 0 N–H and O–H groups in total. The maximum absolute atomic E-state index is 12.0. The molecule has 1 saturated heterocycles. The predicted molar refractivity (Wildman–Crippen MR) is 62.2 cm³/mol. The maximum Gasteiger partial charge on any atom is 0.323 e. The molecule has 0 amide bonds. The molecule has 4 heteroatoms. The fourth-order valence-electron chi connectivity index (χ4n) is 2.11. The van der Waals surface area contributed by atoms with Gasteiger partial charge in [0.05, 0.1) is 13.2 Å². The largest absolute Gasteiger partial charge is 0.461 e. The molecule has 1 aliphatic heterocycles. The molecular weight excluding hydrogens is 206 g/mol. The van der Waals surface area contributed by atoms with Gasteiger partial charge < -0.3 is 9.47 Å². The Hall–Kier alpha value is -0.610. The number of likely N-dealkylation sites (N-methyl/N-ethyl adjacent to an activating group) is 1. The van der Waals surface area contributed by atoms with Gasteiger partial charge in [-0.25, -0.2) is 0 Å². The Labute approximate surface area is 97.9 Å². The summed E-state index contributed by atoms with van der Waals surface area (Å²) < 4.78 is 10.8. The topological polar surface area (TPSA) is 38.8 Å². The van der Waals surface area contributed by atoms with Crippen molar-refractivity contribution in [3.63, 3.8) is 0 Å². The van der Waals surface area contributed by atoms with Gasteiger partial charge in [-0.05, 0) is 20.0 Å². The minimum atomic E-state index is -0.150. The summed E-state index contributed by atoms with van der Waals surface area (Å²) in [5, 5.41) is 0. The van der Waals surface area contributed by atoms with Crippen LogP contribution in [0.15, 0.2) is 0 Å². The van der Waals surface area contributed by atoms with E-state index in [0.29, 0.717) is 13.2 Å². The molecule has 0 aromatic carbocycles. The van der Waals surface area contributed by atoms with Crippen molar-refractivity contribution in [3.05, 3.63) is 0 Å². The number of nitrogens with zero attached hydrogens (tertiary/aromatic N) is 1. The first kappa shape index (κ1) is 13.5. The lowest BCUT2D eigenvalue weighted by Gasteiger charge is -2.29. The van der Waals surface area contributed by atoms with Gasteiger partial charge in [0.2, 0.25) is 0 Å². The van der Waals surface area contributed by atoms with E-state index >= 15 is 0 Å². The number of carbonyl (C=O) groups excluding carboxylic acids is 1. The van der Waals surface area contributed by atoms with Gasteiger partial charge >= 0.3 is 5.97 Å². The van der Waals surface area contributed by atoms with E-state index in [4.69, 9.17) is 9.47 Å². The van der Waals surface area contributed by atoms with Crippen molar-refractivity contribution in [2.24, 2.45) is 5.92 Å². The Morgan fingerprint density at radius 3 is 2.31 bits per heavy atom. The Kier molecular flexibility index (Phi) is 5.22. The SMILES string of the molecule is CC(C)C(C(=O)OC1CCOCC1)N(C)C. The predicted octanol–water partition coefficient (Wildman–Crippen LogP) is 1.29. The summed E-state index contributed by atoms with van der Waals surface area (Å²) in [5.41, 5.74) is 0. The third kappa shape index (κ3) is 3.76. The van der Waals surface area contributed by atoms with Crippen LogP contribution in [0, 0.1) is 5.92 Å². The van der Waals surface area contributed by atoms with E-state index in [9.17, 15) is 4.79 Å². The third-order valence-electron chi connectivity index (χ3n) is 2.88. The van der Waals surface area contributed by atoms with Crippen molar-refractivity contribution in [1.29, 1.82) is 0 Å². The lowest BCUT2D eigenvalue weighted by atomic mass is 10.0. The summed E-state index contributed by atoms with van der Waals surface area (Å²) in [4.78, 5) is 13.9. The van der Waals surface area contributed by atoms with Crippen molar-refractivity contribution >= 4 is 5.97 Å². The average Bonchev–Trinajstić information content (AvgIpc) is 2.17. The summed E-state index contributed by atoms with van der Waals surface area (Å²) in [6, 6.07) is -0.150. The average molecular weight is 229 g/mol. The zero-order valence-corrected chi connectivity index (χ0v) is 10.7. The van der Waals surface area contributed by atoms with Crippen LogP contribution in [0.1, 0.15) is 26.7 Å². The van der Waals surface area contributed by atoms with Crippen molar-refractivity contribution < 1.29 is 14.3 Å². The molecule has 0 saturated carbocycles. The quantitative estimate of drug-likeness (QED) is 0.681. The van der Waals surface area contributed by atoms with Crippen molar-refractivity contribution in [3.8, 4) is 0 Å². The van der Waals surface area contributed by atoms with Gasteiger partial charge in [-0.2, -0.15) is 0 Å². The number of hydrogen-bond donors (Lipinski definition) is 0. The first-order chi connectivity index (χ1) is 7.52. The molecule has 4 nitrogen and oxygen atoms in total. The smallest absolute Gasteiger partial charge is 0.323 e. The highest BCUT2D eigenvalue weighted by molar-refractivity contribution is 5.76. The minimum absolute atomic E-state index is 0.0439. The van der Waals surface area contributed by atoms with Crippen LogP contribution in [0.4, 0.5) is 0 Å². The van der Waals surface area contributed by atoms with Crippen LogP contribution >= 0.6 is 0 Å². The zero-order valence-electron chi connectivity index (χ0n) is 10.7. The molecule has 0 aromatic heterocycles. The van der Waals surface area contributed by atoms with Crippen LogP contribution in [0.3, 0.4) is 0 Å². The van der Waals surface area contributed by atoms with Crippen molar-refractivity contribution in [2.75, 3.05) is 27.3 Å². The van der Waals surface area contributed by atoms with Crippen molar-refractivity contribution in [2.45, 2.75) is 38.8 Å². The Balaban J connectivity index is 2.47. The minimum Gasteiger partial charge on any atom is -0.461 e. The number of hydrogen-bond acceptors (Lipinski definition) is 4. The van der Waals surface area contributed by atoms with Gasteiger partial charge in [0.15, 0.2) is 0 Å².